The van der Waals surface area contributed by atoms with Crippen LogP contribution in [0.4, 0.5) is 11.4 Å². The van der Waals surface area contributed by atoms with E-state index < -0.39 is 0 Å². The van der Waals surface area contributed by atoms with Crippen molar-refractivity contribution < 1.29 is 14.3 Å². The van der Waals surface area contributed by atoms with E-state index in [1.165, 1.54) is 4.90 Å². The van der Waals surface area contributed by atoms with Crippen molar-refractivity contribution in [3.63, 3.8) is 0 Å². The van der Waals surface area contributed by atoms with Gasteiger partial charge < -0.3 is 9.64 Å². The van der Waals surface area contributed by atoms with Gasteiger partial charge in [-0.15, -0.1) is 11.3 Å². The number of hydrogen-bond donors (Lipinski definition) is 0. The third kappa shape index (κ3) is 4.53. The van der Waals surface area contributed by atoms with Crippen LogP contribution in [0.5, 0.6) is 5.75 Å². The Morgan fingerprint density at radius 2 is 2.06 bits per heavy atom. The topological polar surface area (TPSA) is 62.7 Å². The van der Waals surface area contributed by atoms with Gasteiger partial charge in [-0.2, -0.15) is 0 Å². The number of ether oxygens (including phenoxy) is 1. The zero-order chi connectivity index (χ0) is 22.7. The Hall–Kier alpha value is -3.19. The Kier molecular flexibility index (Phi) is 6.55. The molecule has 0 saturated heterocycles. The summed E-state index contributed by atoms with van der Waals surface area (Å²) in [5.74, 6) is 0.237. The van der Waals surface area contributed by atoms with Crippen molar-refractivity contribution in [1.29, 1.82) is 0 Å². The van der Waals surface area contributed by atoms with Crippen molar-refractivity contribution in [3.8, 4) is 17.0 Å². The molecule has 2 aromatic carbocycles. The van der Waals surface area contributed by atoms with Crippen LogP contribution in [-0.2, 0) is 16.0 Å². The fraction of sp³-hybridized carbons (Fsp3) is 0.320. The number of carbonyl (C=O) groups excluding carboxylic acids is 2. The maximum absolute atomic E-state index is 13.2. The molecular formula is C25H27N3O3S. The molecule has 2 heterocycles. The zero-order valence-corrected chi connectivity index (χ0v) is 19.4. The maximum Gasteiger partial charge on any atom is 0.265 e. The predicted octanol–water partition coefficient (Wildman–Crippen LogP) is 4.85. The number of aryl methyl sites for hydroxylation is 2. The highest BCUT2D eigenvalue weighted by molar-refractivity contribution is 7.09. The van der Waals surface area contributed by atoms with Gasteiger partial charge in [-0.05, 0) is 62.6 Å². The fourth-order valence-electron chi connectivity index (χ4n) is 3.83. The number of hydrogen-bond acceptors (Lipinski definition) is 5. The Bertz CT molecular complexity index is 1140. The number of aromatic nitrogens is 1. The number of thiazole rings is 1. The van der Waals surface area contributed by atoms with Crippen LogP contribution in [0, 0.1) is 6.92 Å². The lowest BCUT2D eigenvalue weighted by molar-refractivity contribution is -0.124. The van der Waals surface area contributed by atoms with Crippen LogP contribution in [0.25, 0.3) is 11.3 Å². The van der Waals surface area contributed by atoms with E-state index in [1.54, 1.807) is 16.2 Å². The second kappa shape index (κ2) is 9.53. The monoisotopic (exact) mass is 449 g/mol. The van der Waals surface area contributed by atoms with E-state index in [0.29, 0.717) is 18.0 Å². The Labute approximate surface area is 192 Å². The van der Waals surface area contributed by atoms with Gasteiger partial charge in [0.2, 0.25) is 5.91 Å². The van der Waals surface area contributed by atoms with Crippen molar-refractivity contribution in [3.05, 3.63) is 58.4 Å². The van der Waals surface area contributed by atoms with Crippen molar-refractivity contribution in [2.75, 3.05) is 29.5 Å². The zero-order valence-electron chi connectivity index (χ0n) is 18.6. The first-order valence-corrected chi connectivity index (χ1v) is 11.8. The molecule has 0 unspecified atom stereocenters. The molecular weight excluding hydrogens is 422 g/mol. The molecule has 166 valence electrons. The first-order valence-electron chi connectivity index (χ1n) is 10.9. The third-order valence-corrected chi connectivity index (χ3v) is 6.35. The first kappa shape index (κ1) is 22.0. The molecule has 32 heavy (non-hydrogen) atoms. The first-order chi connectivity index (χ1) is 15.5. The Morgan fingerprint density at radius 1 is 1.22 bits per heavy atom. The number of anilines is 2. The van der Waals surface area contributed by atoms with Crippen LogP contribution in [0.2, 0.25) is 0 Å². The summed E-state index contributed by atoms with van der Waals surface area (Å²) in [6.07, 6.45) is 1.99. The van der Waals surface area contributed by atoms with Gasteiger partial charge in [0.05, 0.1) is 16.4 Å². The second-order valence-electron chi connectivity index (χ2n) is 7.80. The number of likely N-dealkylation sites (N-methyl/N-ethyl adjacent to an activating group) is 1. The van der Waals surface area contributed by atoms with Gasteiger partial charge >= 0.3 is 0 Å². The molecule has 0 fully saturated rings. The molecule has 1 aliphatic heterocycles. The molecule has 0 radical (unpaired) electrons. The number of carbonyl (C=O) groups is 2. The summed E-state index contributed by atoms with van der Waals surface area (Å²) >= 11 is 1.64. The molecule has 0 saturated carbocycles. The minimum atomic E-state index is -0.228. The van der Waals surface area contributed by atoms with Crippen molar-refractivity contribution in [2.24, 2.45) is 0 Å². The summed E-state index contributed by atoms with van der Waals surface area (Å²) in [5, 5.41) is 3.13. The molecule has 1 aliphatic rings. The SMILES string of the molecule is CCCc1nc(-c2ccc3c(c2)N(CC(=O)N(CC)c2cccc(C)c2)C(=O)CO3)cs1. The summed E-state index contributed by atoms with van der Waals surface area (Å²) in [6, 6.07) is 13.5. The van der Waals surface area contributed by atoms with Gasteiger partial charge in [-0.1, -0.05) is 19.1 Å². The van der Waals surface area contributed by atoms with Crippen LogP contribution in [0.3, 0.4) is 0 Å². The van der Waals surface area contributed by atoms with Crippen molar-refractivity contribution >= 4 is 34.5 Å². The third-order valence-electron chi connectivity index (χ3n) is 5.44. The Morgan fingerprint density at radius 3 is 2.81 bits per heavy atom. The van der Waals surface area contributed by atoms with Gasteiger partial charge in [0.15, 0.2) is 6.61 Å². The van der Waals surface area contributed by atoms with E-state index >= 15 is 0 Å². The minimum Gasteiger partial charge on any atom is -0.482 e. The molecule has 0 bridgehead atoms. The number of benzene rings is 2. The highest BCUT2D eigenvalue weighted by Gasteiger charge is 2.29. The second-order valence-corrected chi connectivity index (χ2v) is 8.75. The van der Waals surface area contributed by atoms with E-state index in [1.807, 2.05) is 61.7 Å². The summed E-state index contributed by atoms with van der Waals surface area (Å²) in [4.78, 5) is 33.9. The average Bonchev–Trinajstić information content (AvgIpc) is 3.25. The number of fused-ring (bicyclic) bond motifs is 1. The fourth-order valence-corrected chi connectivity index (χ4v) is 4.74. The lowest BCUT2D eigenvalue weighted by Crippen LogP contribution is -2.46. The molecule has 0 N–H and O–H groups in total. The van der Waals surface area contributed by atoms with Crippen molar-refractivity contribution in [2.45, 2.75) is 33.6 Å². The summed E-state index contributed by atoms with van der Waals surface area (Å²) in [7, 11) is 0. The van der Waals surface area contributed by atoms with Crippen LogP contribution in [0.15, 0.2) is 47.8 Å². The predicted molar refractivity (Wildman–Crippen MR) is 129 cm³/mol. The van der Waals surface area contributed by atoms with Gasteiger partial charge in [0, 0.05) is 23.2 Å². The molecule has 0 atom stereocenters. The lowest BCUT2D eigenvalue weighted by atomic mass is 10.1. The highest BCUT2D eigenvalue weighted by Crippen LogP contribution is 2.36. The Balaban J connectivity index is 1.62. The van der Waals surface area contributed by atoms with Gasteiger partial charge in [-0.3, -0.25) is 14.5 Å². The van der Waals surface area contributed by atoms with Crippen LogP contribution in [-0.4, -0.2) is 36.5 Å². The summed E-state index contributed by atoms with van der Waals surface area (Å²) in [5.41, 5.74) is 4.30. The molecule has 6 nitrogen and oxygen atoms in total. The van der Waals surface area contributed by atoms with E-state index in [4.69, 9.17) is 9.72 Å². The van der Waals surface area contributed by atoms with E-state index in [9.17, 15) is 9.59 Å². The van der Waals surface area contributed by atoms with Gasteiger partial charge in [0.1, 0.15) is 12.3 Å². The normalized spacial score (nSPS) is 13.0. The van der Waals surface area contributed by atoms with Gasteiger partial charge in [0.25, 0.3) is 5.91 Å². The molecule has 1 aromatic heterocycles. The number of amides is 2. The summed E-state index contributed by atoms with van der Waals surface area (Å²) < 4.78 is 5.64. The van der Waals surface area contributed by atoms with E-state index in [2.05, 4.69) is 6.92 Å². The van der Waals surface area contributed by atoms with Gasteiger partial charge in [-0.25, -0.2) is 4.98 Å². The largest absolute Gasteiger partial charge is 0.482 e. The van der Waals surface area contributed by atoms with Crippen LogP contribution < -0.4 is 14.5 Å². The van der Waals surface area contributed by atoms with E-state index in [0.717, 1.165) is 40.4 Å². The average molecular weight is 450 g/mol. The molecule has 0 spiro atoms. The summed E-state index contributed by atoms with van der Waals surface area (Å²) in [6.45, 7) is 6.46. The molecule has 7 heteroatoms. The molecule has 0 aliphatic carbocycles. The van der Waals surface area contributed by atoms with Crippen LogP contribution in [0.1, 0.15) is 30.8 Å². The minimum absolute atomic E-state index is 0.0431. The quantitative estimate of drug-likeness (QED) is 0.517. The molecule has 2 amide bonds. The number of nitrogens with zero attached hydrogens (tertiary/aromatic N) is 3. The molecule has 3 aromatic rings. The standard InChI is InChI=1S/C25H27N3O3S/c1-4-7-23-26-20(16-32-23)18-10-11-22-21(13-18)28(25(30)15-31-22)14-24(29)27(5-2)19-9-6-8-17(3)12-19/h6,8-13,16H,4-5,7,14-15H2,1-3H3. The molecule has 4 rings (SSSR count). The van der Waals surface area contributed by atoms with Crippen LogP contribution >= 0.6 is 11.3 Å². The lowest BCUT2D eigenvalue weighted by Gasteiger charge is -2.31. The smallest absolute Gasteiger partial charge is 0.265 e. The maximum atomic E-state index is 13.2. The van der Waals surface area contributed by atoms with Crippen molar-refractivity contribution in [1.82, 2.24) is 4.98 Å². The number of rotatable bonds is 7. The van der Waals surface area contributed by atoms with E-state index in [-0.39, 0.29) is 25.0 Å². The highest BCUT2D eigenvalue weighted by atomic mass is 32.1.